The van der Waals surface area contributed by atoms with Crippen molar-refractivity contribution in [3.63, 3.8) is 0 Å². The van der Waals surface area contributed by atoms with E-state index in [-0.39, 0.29) is 11.5 Å². The summed E-state index contributed by atoms with van der Waals surface area (Å²) in [5.41, 5.74) is 3.63. The molecule has 0 radical (unpaired) electrons. The van der Waals surface area contributed by atoms with Crippen LogP contribution in [0.1, 0.15) is 37.9 Å². The van der Waals surface area contributed by atoms with Crippen molar-refractivity contribution in [1.82, 2.24) is 9.88 Å². The van der Waals surface area contributed by atoms with Crippen molar-refractivity contribution in [2.45, 2.75) is 45.8 Å². The largest absolute Gasteiger partial charge is 0.367 e. The summed E-state index contributed by atoms with van der Waals surface area (Å²) in [7, 11) is 0. The molecule has 0 saturated heterocycles. The molecule has 0 spiro atoms. The maximum Gasteiger partial charge on any atom is 0.216 e. The quantitative estimate of drug-likeness (QED) is 0.882. The summed E-state index contributed by atoms with van der Waals surface area (Å²) in [6.07, 6.45) is 1.82. The monoisotopic (exact) mass is 300 g/mol. The maximum atomic E-state index is 11.0. The third kappa shape index (κ3) is 2.52. The third-order valence-corrected chi connectivity index (χ3v) is 4.66. The number of nitrogens with one attached hydrogen (secondary N) is 1. The summed E-state index contributed by atoms with van der Waals surface area (Å²) in [4.78, 5) is 11.0. The fourth-order valence-corrected chi connectivity index (χ4v) is 3.70. The minimum absolute atomic E-state index is 0.0278. The van der Waals surface area contributed by atoms with Crippen LogP contribution in [0, 0.1) is 6.92 Å². The lowest BCUT2D eigenvalue weighted by Crippen LogP contribution is -2.37. The number of hydrogen-bond acceptors (Lipinski definition) is 2. The van der Waals surface area contributed by atoms with Crippen LogP contribution >= 0.6 is 0 Å². The second-order valence-electron chi connectivity index (χ2n) is 6.31. The topological polar surface area (TPSA) is 43.3 Å². The van der Waals surface area contributed by atoms with E-state index in [1.165, 1.54) is 22.2 Å². The summed E-state index contributed by atoms with van der Waals surface area (Å²) < 4.78 is 8.59. The van der Waals surface area contributed by atoms with Crippen LogP contribution in [0.4, 0.5) is 0 Å². The zero-order valence-corrected chi connectivity index (χ0v) is 13.6. The van der Waals surface area contributed by atoms with E-state index in [4.69, 9.17) is 4.74 Å². The Morgan fingerprint density at radius 2 is 2.18 bits per heavy atom. The van der Waals surface area contributed by atoms with Crippen molar-refractivity contribution >= 4 is 16.8 Å². The van der Waals surface area contributed by atoms with Gasteiger partial charge < -0.3 is 14.6 Å². The molecule has 1 atom stereocenters. The molecule has 2 heterocycles. The summed E-state index contributed by atoms with van der Waals surface area (Å²) in [6.45, 7) is 8.27. The van der Waals surface area contributed by atoms with Gasteiger partial charge in [-0.05, 0) is 38.3 Å². The summed E-state index contributed by atoms with van der Waals surface area (Å²) in [5, 5.41) is 4.18. The van der Waals surface area contributed by atoms with Gasteiger partial charge in [-0.3, -0.25) is 4.79 Å². The molecule has 118 valence electrons. The van der Waals surface area contributed by atoms with Crippen molar-refractivity contribution in [3.05, 3.63) is 35.5 Å². The predicted octanol–water partition coefficient (Wildman–Crippen LogP) is 3.11. The molecule has 1 aromatic heterocycles. The molecule has 22 heavy (non-hydrogen) atoms. The molecule has 1 aliphatic rings. The molecule has 1 aliphatic heterocycles. The highest BCUT2D eigenvalue weighted by Gasteiger charge is 2.36. The number of aryl methyl sites for hydroxylation is 1. The number of amides is 1. The normalized spacial score (nSPS) is 20.9. The van der Waals surface area contributed by atoms with Crippen molar-refractivity contribution in [2.75, 3.05) is 13.2 Å². The first-order valence-corrected chi connectivity index (χ1v) is 7.99. The first-order chi connectivity index (χ1) is 10.5. The molecular formula is C18H24N2O2. The number of nitrogens with zero attached hydrogens (tertiary/aromatic N) is 1. The SMILES string of the molecule is CC(=O)NCCCC1(C)OCCn2c1c(C)c1ccccc12. The Bertz CT molecular complexity index is 704. The Morgan fingerprint density at radius 3 is 2.95 bits per heavy atom. The predicted molar refractivity (Wildman–Crippen MR) is 87.9 cm³/mol. The van der Waals surface area contributed by atoms with Gasteiger partial charge in [-0.25, -0.2) is 0 Å². The molecule has 0 bridgehead atoms. The van der Waals surface area contributed by atoms with Gasteiger partial charge in [0.1, 0.15) is 5.60 Å². The summed E-state index contributed by atoms with van der Waals surface area (Å²) in [5.74, 6) is 0.0278. The average molecular weight is 300 g/mol. The summed E-state index contributed by atoms with van der Waals surface area (Å²) >= 11 is 0. The van der Waals surface area contributed by atoms with Crippen LogP contribution in [0.5, 0.6) is 0 Å². The highest BCUT2D eigenvalue weighted by molar-refractivity contribution is 5.85. The van der Waals surface area contributed by atoms with Crippen LogP contribution in [0.15, 0.2) is 24.3 Å². The van der Waals surface area contributed by atoms with Crippen LogP contribution in [-0.4, -0.2) is 23.6 Å². The Labute approximate surface area is 131 Å². The number of fused-ring (bicyclic) bond motifs is 3. The van der Waals surface area contributed by atoms with Crippen LogP contribution in [0.25, 0.3) is 10.9 Å². The number of para-hydroxylation sites is 1. The minimum atomic E-state index is -0.278. The molecule has 1 unspecified atom stereocenters. The van der Waals surface area contributed by atoms with Gasteiger partial charge in [0.05, 0.1) is 12.3 Å². The lowest BCUT2D eigenvalue weighted by atomic mass is 9.91. The molecule has 3 rings (SSSR count). The number of aromatic nitrogens is 1. The van der Waals surface area contributed by atoms with Gasteiger partial charge in [-0.15, -0.1) is 0 Å². The third-order valence-electron chi connectivity index (χ3n) is 4.66. The Balaban J connectivity index is 1.91. The maximum absolute atomic E-state index is 11.0. The Kier molecular flexibility index (Phi) is 3.96. The van der Waals surface area contributed by atoms with E-state index in [0.717, 1.165) is 26.0 Å². The highest BCUT2D eigenvalue weighted by Crippen LogP contribution is 2.40. The molecule has 1 amide bonds. The molecule has 0 fully saturated rings. The van der Waals surface area contributed by atoms with E-state index in [0.29, 0.717) is 6.54 Å². The van der Waals surface area contributed by atoms with Gasteiger partial charge >= 0.3 is 0 Å². The zero-order valence-electron chi connectivity index (χ0n) is 13.6. The molecule has 4 heteroatoms. The van der Waals surface area contributed by atoms with E-state index in [9.17, 15) is 4.79 Å². The van der Waals surface area contributed by atoms with Gasteiger partial charge in [-0.1, -0.05) is 18.2 Å². The molecule has 1 N–H and O–H groups in total. The van der Waals surface area contributed by atoms with Crippen LogP contribution in [0.2, 0.25) is 0 Å². The van der Waals surface area contributed by atoms with Gasteiger partial charge in [-0.2, -0.15) is 0 Å². The number of carbonyl (C=O) groups is 1. The van der Waals surface area contributed by atoms with Gasteiger partial charge in [0.2, 0.25) is 5.91 Å². The van der Waals surface area contributed by atoms with E-state index >= 15 is 0 Å². The number of benzene rings is 1. The molecular weight excluding hydrogens is 276 g/mol. The minimum Gasteiger partial charge on any atom is -0.367 e. The van der Waals surface area contributed by atoms with Crippen LogP contribution in [-0.2, 0) is 21.7 Å². The molecule has 0 aliphatic carbocycles. The molecule has 4 nitrogen and oxygen atoms in total. The number of ether oxygens (including phenoxy) is 1. The van der Waals surface area contributed by atoms with Gasteiger partial charge in [0, 0.05) is 30.9 Å². The lowest BCUT2D eigenvalue weighted by molar-refractivity contribution is -0.119. The molecule has 1 aromatic carbocycles. The standard InChI is InChI=1S/C18H24N2O2/c1-13-15-7-4-5-8-16(15)20-11-12-22-18(3,17(13)20)9-6-10-19-14(2)21/h4-5,7-8H,6,9-12H2,1-3H3,(H,19,21). The van der Waals surface area contributed by atoms with E-state index < -0.39 is 0 Å². The first-order valence-electron chi connectivity index (χ1n) is 7.99. The van der Waals surface area contributed by atoms with Crippen molar-refractivity contribution in [2.24, 2.45) is 0 Å². The Morgan fingerprint density at radius 1 is 1.41 bits per heavy atom. The lowest BCUT2D eigenvalue weighted by Gasteiger charge is -2.36. The van der Waals surface area contributed by atoms with Crippen LogP contribution in [0.3, 0.4) is 0 Å². The van der Waals surface area contributed by atoms with Crippen molar-refractivity contribution in [3.8, 4) is 0 Å². The van der Waals surface area contributed by atoms with Crippen LogP contribution < -0.4 is 5.32 Å². The first kappa shape index (κ1) is 15.1. The van der Waals surface area contributed by atoms with Gasteiger partial charge in [0.15, 0.2) is 0 Å². The zero-order chi connectivity index (χ0) is 15.7. The van der Waals surface area contributed by atoms with E-state index in [2.05, 4.69) is 48.0 Å². The number of hydrogen-bond donors (Lipinski definition) is 1. The molecule has 0 saturated carbocycles. The Hall–Kier alpha value is -1.81. The van der Waals surface area contributed by atoms with Crippen molar-refractivity contribution in [1.29, 1.82) is 0 Å². The summed E-state index contributed by atoms with van der Waals surface area (Å²) in [6, 6.07) is 8.57. The van der Waals surface area contributed by atoms with E-state index in [1.54, 1.807) is 6.92 Å². The number of rotatable bonds is 4. The number of carbonyl (C=O) groups excluding carboxylic acids is 1. The molecule has 2 aromatic rings. The fourth-order valence-electron chi connectivity index (χ4n) is 3.70. The van der Waals surface area contributed by atoms with Gasteiger partial charge in [0.25, 0.3) is 0 Å². The average Bonchev–Trinajstić information content (AvgIpc) is 2.79. The van der Waals surface area contributed by atoms with Crippen molar-refractivity contribution < 1.29 is 9.53 Å². The highest BCUT2D eigenvalue weighted by atomic mass is 16.5. The van der Waals surface area contributed by atoms with E-state index in [1.807, 2.05) is 0 Å². The fraction of sp³-hybridized carbons (Fsp3) is 0.500. The second-order valence-corrected chi connectivity index (χ2v) is 6.31. The smallest absolute Gasteiger partial charge is 0.216 e. The second kappa shape index (κ2) is 5.76.